The lowest BCUT2D eigenvalue weighted by atomic mass is 10.1. The number of methoxy groups -OCH3 is 2. The lowest BCUT2D eigenvalue weighted by Crippen LogP contribution is -2.29. The van der Waals surface area contributed by atoms with Gasteiger partial charge >= 0.3 is 0 Å². The average Bonchev–Trinajstić information content (AvgIpc) is 2.42. The number of nitriles is 1. The SMILES string of the molecule is COCCCN(CCOC)c1ccc(C#N)c(C)c1. The summed E-state index contributed by atoms with van der Waals surface area (Å²) in [5.41, 5.74) is 2.87. The number of hydrogen-bond donors (Lipinski definition) is 0. The monoisotopic (exact) mass is 262 g/mol. The van der Waals surface area contributed by atoms with Gasteiger partial charge in [0.05, 0.1) is 18.2 Å². The van der Waals surface area contributed by atoms with Gasteiger partial charge in [-0.05, 0) is 37.1 Å². The first-order valence-corrected chi connectivity index (χ1v) is 6.46. The van der Waals surface area contributed by atoms with Gasteiger partial charge in [0, 0.05) is 39.6 Å². The molecule has 0 saturated carbocycles. The van der Waals surface area contributed by atoms with Gasteiger partial charge < -0.3 is 14.4 Å². The van der Waals surface area contributed by atoms with Crippen LogP contribution < -0.4 is 4.90 Å². The van der Waals surface area contributed by atoms with Crippen LogP contribution in [0.15, 0.2) is 18.2 Å². The molecular formula is C15H22N2O2. The van der Waals surface area contributed by atoms with Crippen molar-refractivity contribution in [3.8, 4) is 6.07 Å². The Morgan fingerprint density at radius 3 is 2.47 bits per heavy atom. The second-order valence-electron chi connectivity index (χ2n) is 4.44. The van der Waals surface area contributed by atoms with Gasteiger partial charge in [0.1, 0.15) is 0 Å². The highest BCUT2D eigenvalue weighted by atomic mass is 16.5. The van der Waals surface area contributed by atoms with Crippen molar-refractivity contribution in [2.45, 2.75) is 13.3 Å². The van der Waals surface area contributed by atoms with Crippen LogP contribution >= 0.6 is 0 Å². The molecule has 0 radical (unpaired) electrons. The summed E-state index contributed by atoms with van der Waals surface area (Å²) in [5.74, 6) is 0. The summed E-state index contributed by atoms with van der Waals surface area (Å²) in [7, 11) is 3.42. The highest BCUT2D eigenvalue weighted by molar-refractivity contribution is 5.53. The van der Waals surface area contributed by atoms with E-state index in [1.807, 2.05) is 19.1 Å². The molecule has 1 aromatic carbocycles. The molecule has 104 valence electrons. The number of benzene rings is 1. The molecule has 1 aromatic rings. The topological polar surface area (TPSA) is 45.5 Å². The Morgan fingerprint density at radius 2 is 1.89 bits per heavy atom. The van der Waals surface area contributed by atoms with Crippen molar-refractivity contribution >= 4 is 5.69 Å². The number of nitrogens with zero attached hydrogens (tertiary/aromatic N) is 2. The Kier molecular flexibility index (Phi) is 6.94. The van der Waals surface area contributed by atoms with Crippen molar-refractivity contribution in [2.75, 3.05) is 45.4 Å². The summed E-state index contributed by atoms with van der Waals surface area (Å²) in [6.07, 6.45) is 0.971. The van der Waals surface area contributed by atoms with Gasteiger partial charge in [0.2, 0.25) is 0 Å². The van der Waals surface area contributed by atoms with Crippen LogP contribution in [0.25, 0.3) is 0 Å². The molecule has 0 bridgehead atoms. The third kappa shape index (κ3) is 4.90. The molecule has 4 heteroatoms. The van der Waals surface area contributed by atoms with E-state index in [9.17, 15) is 0 Å². The molecule has 0 heterocycles. The van der Waals surface area contributed by atoms with Crippen molar-refractivity contribution in [3.63, 3.8) is 0 Å². The zero-order valence-corrected chi connectivity index (χ0v) is 12.0. The predicted octanol–water partition coefficient (Wildman–Crippen LogP) is 2.36. The number of anilines is 1. The molecule has 19 heavy (non-hydrogen) atoms. The number of ether oxygens (including phenoxy) is 2. The maximum atomic E-state index is 8.96. The molecule has 0 aromatic heterocycles. The van der Waals surface area contributed by atoms with E-state index in [2.05, 4.69) is 17.0 Å². The molecule has 0 saturated heterocycles. The summed E-state index contributed by atoms with van der Waals surface area (Å²) < 4.78 is 10.2. The van der Waals surface area contributed by atoms with E-state index < -0.39 is 0 Å². The second kappa shape index (κ2) is 8.52. The fraction of sp³-hybridized carbons (Fsp3) is 0.533. The average molecular weight is 262 g/mol. The molecular weight excluding hydrogens is 240 g/mol. The first-order valence-electron chi connectivity index (χ1n) is 6.46. The smallest absolute Gasteiger partial charge is 0.0994 e. The van der Waals surface area contributed by atoms with Gasteiger partial charge in [0.25, 0.3) is 0 Å². The van der Waals surface area contributed by atoms with E-state index in [1.165, 1.54) is 0 Å². The van der Waals surface area contributed by atoms with E-state index in [4.69, 9.17) is 14.7 Å². The molecule has 0 atom stereocenters. The van der Waals surface area contributed by atoms with Crippen LogP contribution in [0.3, 0.4) is 0 Å². The van der Waals surface area contributed by atoms with E-state index in [1.54, 1.807) is 14.2 Å². The fourth-order valence-corrected chi connectivity index (χ4v) is 1.94. The lowest BCUT2D eigenvalue weighted by Gasteiger charge is -2.25. The predicted molar refractivity (Wildman–Crippen MR) is 76.5 cm³/mol. The van der Waals surface area contributed by atoms with Crippen molar-refractivity contribution in [3.05, 3.63) is 29.3 Å². The normalized spacial score (nSPS) is 10.2. The molecule has 4 nitrogen and oxygen atoms in total. The highest BCUT2D eigenvalue weighted by Gasteiger charge is 2.08. The molecule has 0 amide bonds. The summed E-state index contributed by atoms with van der Waals surface area (Å²) in [6.45, 7) is 5.16. The van der Waals surface area contributed by atoms with Crippen molar-refractivity contribution < 1.29 is 9.47 Å². The van der Waals surface area contributed by atoms with E-state index in [0.29, 0.717) is 6.61 Å². The van der Waals surface area contributed by atoms with Gasteiger partial charge in [-0.2, -0.15) is 5.26 Å². The summed E-state index contributed by atoms with van der Waals surface area (Å²) >= 11 is 0. The van der Waals surface area contributed by atoms with E-state index in [-0.39, 0.29) is 0 Å². The minimum Gasteiger partial charge on any atom is -0.385 e. The maximum Gasteiger partial charge on any atom is 0.0994 e. The van der Waals surface area contributed by atoms with Crippen LogP contribution in [0.2, 0.25) is 0 Å². The number of hydrogen-bond acceptors (Lipinski definition) is 4. The zero-order valence-electron chi connectivity index (χ0n) is 12.0. The fourth-order valence-electron chi connectivity index (χ4n) is 1.94. The minimum absolute atomic E-state index is 0.687. The van der Waals surface area contributed by atoms with Crippen molar-refractivity contribution in [1.82, 2.24) is 0 Å². The Morgan fingerprint density at radius 1 is 1.16 bits per heavy atom. The van der Waals surface area contributed by atoms with Crippen LogP contribution in [0.5, 0.6) is 0 Å². The van der Waals surface area contributed by atoms with Gasteiger partial charge in [-0.25, -0.2) is 0 Å². The third-order valence-corrected chi connectivity index (χ3v) is 3.04. The van der Waals surface area contributed by atoms with Gasteiger partial charge in [0.15, 0.2) is 0 Å². The Labute approximate surface area is 115 Å². The molecule has 0 spiro atoms. The van der Waals surface area contributed by atoms with Crippen LogP contribution in [0.4, 0.5) is 5.69 Å². The zero-order chi connectivity index (χ0) is 14.1. The van der Waals surface area contributed by atoms with Crippen LogP contribution in [-0.2, 0) is 9.47 Å². The van der Waals surface area contributed by atoms with Gasteiger partial charge in [-0.1, -0.05) is 0 Å². The number of aryl methyl sites for hydroxylation is 1. The first kappa shape index (κ1) is 15.5. The lowest BCUT2D eigenvalue weighted by molar-refractivity contribution is 0.191. The van der Waals surface area contributed by atoms with E-state index >= 15 is 0 Å². The summed E-state index contributed by atoms with van der Waals surface area (Å²) in [5, 5.41) is 8.96. The maximum absolute atomic E-state index is 8.96. The Bertz CT molecular complexity index is 427. The molecule has 0 aliphatic rings. The molecule has 0 fully saturated rings. The summed E-state index contributed by atoms with van der Waals surface area (Å²) in [6, 6.07) is 8.12. The van der Waals surface area contributed by atoms with Crippen LogP contribution in [0, 0.1) is 18.3 Å². The van der Waals surface area contributed by atoms with Crippen molar-refractivity contribution in [1.29, 1.82) is 5.26 Å². The molecule has 0 unspecified atom stereocenters. The second-order valence-corrected chi connectivity index (χ2v) is 4.44. The molecule has 0 aliphatic carbocycles. The van der Waals surface area contributed by atoms with Gasteiger partial charge in [-0.3, -0.25) is 0 Å². The van der Waals surface area contributed by atoms with E-state index in [0.717, 1.165) is 42.9 Å². The Balaban J connectivity index is 2.78. The Hall–Kier alpha value is -1.57. The van der Waals surface area contributed by atoms with Crippen LogP contribution in [0.1, 0.15) is 17.5 Å². The number of rotatable bonds is 8. The van der Waals surface area contributed by atoms with Crippen molar-refractivity contribution in [2.24, 2.45) is 0 Å². The highest BCUT2D eigenvalue weighted by Crippen LogP contribution is 2.19. The quantitative estimate of drug-likeness (QED) is 0.675. The first-order chi connectivity index (χ1) is 9.22. The molecule has 1 rings (SSSR count). The molecule has 0 N–H and O–H groups in total. The third-order valence-electron chi connectivity index (χ3n) is 3.04. The largest absolute Gasteiger partial charge is 0.385 e. The summed E-state index contributed by atoms with van der Waals surface area (Å²) in [4.78, 5) is 2.26. The van der Waals surface area contributed by atoms with Gasteiger partial charge in [-0.15, -0.1) is 0 Å². The minimum atomic E-state index is 0.687. The molecule has 0 aliphatic heterocycles. The van der Waals surface area contributed by atoms with Crippen LogP contribution in [-0.4, -0.2) is 40.5 Å². The standard InChI is InChI=1S/C15H22N2O2/c1-13-11-15(6-5-14(13)12-16)17(8-10-19-3)7-4-9-18-2/h5-6,11H,4,7-10H2,1-3H3.